The summed E-state index contributed by atoms with van der Waals surface area (Å²) >= 11 is 0. The number of benzene rings is 1. The van der Waals surface area contributed by atoms with E-state index in [-0.39, 0.29) is 5.41 Å². The van der Waals surface area contributed by atoms with Crippen LogP contribution < -0.4 is 5.32 Å². The van der Waals surface area contributed by atoms with Crippen molar-refractivity contribution >= 4 is 0 Å². The average Bonchev–Trinajstić information content (AvgIpc) is 2.36. The van der Waals surface area contributed by atoms with E-state index in [1.807, 2.05) is 6.07 Å². The molecule has 1 aromatic carbocycles. The summed E-state index contributed by atoms with van der Waals surface area (Å²) in [6, 6.07) is 10.4. The van der Waals surface area contributed by atoms with Crippen LogP contribution in [-0.4, -0.2) is 19.8 Å². The molecule has 2 heteroatoms. The first-order valence-corrected chi connectivity index (χ1v) is 6.40. The van der Waals surface area contributed by atoms with E-state index in [9.17, 15) is 0 Å². The third kappa shape index (κ3) is 6.44. The molecule has 98 valence electrons. The zero-order valence-electron chi connectivity index (χ0n) is 11.4. The minimum atomic E-state index is 0.128. The molecule has 0 bridgehead atoms. The first kappa shape index (κ1) is 14.8. The average molecular weight is 245 g/mol. The normalized spacial score (nSPS) is 11.2. The molecule has 0 radical (unpaired) electrons. The van der Waals surface area contributed by atoms with Gasteiger partial charge in [-0.05, 0) is 5.56 Å². The van der Waals surface area contributed by atoms with Crippen LogP contribution in [0.15, 0.2) is 30.3 Å². The Morgan fingerprint density at radius 3 is 2.67 bits per heavy atom. The van der Waals surface area contributed by atoms with Gasteiger partial charge in [0, 0.05) is 24.9 Å². The Bertz CT molecular complexity index is 364. The zero-order valence-corrected chi connectivity index (χ0v) is 11.4. The van der Waals surface area contributed by atoms with E-state index in [0.29, 0.717) is 13.0 Å². The third-order valence-electron chi connectivity index (χ3n) is 2.66. The van der Waals surface area contributed by atoms with Crippen LogP contribution in [0.3, 0.4) is 0 Å². The number of terminal acetylenes is 1. The molecule has 0 aliphatic heterocycles. The molecule has 0 heterocycles. The second-order valence-corrected chi connectivity index (χ2v) is 5.26. The lowest BCUT2D eigenvalue weighted by Crippen LogP contribution is -2.33. The zero-order chi connectivity index (χ0) is 13.3. The minimum absolute atomic E-state index is 0.128. The summed E-state index contributed by atoms with van der Waals surface area (Å²) in [5.41, 5.74) is 1.44. The predicted molar refractivity (Wildman–Crippen MR) is 76.2 cm³/mol. The van der Waals surface area contributed by atoms with Crippen molar-refractivity contribution in [2.24, 2.45) is 5.41 Å². The van der Waals surface area contributed by atoms with Crippen LogP contribution in [0.4, 0.5) is 0 Å². The van der Waals surface area contributed by atoms with Crippen molar-refractivity contribution in [2.45, 2.75) is 26.8 Å². The molecule has 0 saturated carbocycles. The third-order valence-corrected chi connectivity index (χ3v) is 2.66. The molecule has 0 saturated heterocycles. The summed E-state index contributed by atoms with van der Waals surface area (Å²) in [6.07, 6.45) is 5.87. The Morgan fingerprint density at radius 2 is 2.00 bits per heavy atom. The molecule has 0 amide bonds. The van der Waals surface area contributed by atoms with Crippen LogP contribution in [0, 0.1) is 17.8 Å². The van der Waals surface area contributed by atoms with E-state index in [0.717, 1.165) is 19.7 Å². The summed E-state index contributed by atoms with van der Waals surface area (Å²) in [5, 5.41) is 3.46. The van der Waals surface area contributed by atoms with Crippen LogP contribution in [0.5, 0.6) is 0 Å². The highest BCUT2D eigenvalue weighted by atomic mass is 16.5. The van der Waals surface area contributed by atoms with Gasteiger partial charge in [0.05, 0.1) is 13.2 Å². The quantitative estimate of drug-likeness (QED) is 0.562. The monoisotopic (exact) mass is 245 g/mol. The fourth-order valence-corrected chi connectivity index (χ4v) is 1.67. The van der Waals surface area contributed by atoms with Gasteiger partial charge in [0.1, 0.15) is 0 Å². The fourth-order valence-electron chi connectivity index (χ4n) is 1.67. The lowest BCUT2D eigenvalue weighted by Gasteiger charge is -2.24. The Balaban J connectivity index is 2.19. The summed E-state index contributed by atoms with van der Waals surface area (Å²) in [7, 11) is 0. The van der Waals surface area contributed by atoms with Gasteiger partial charge in [0.2, 0.25) is 0 Å². The smallest absolute Gasteiger partial charge is 0.0575 e. The molecule has 1 aromatic rings. The number of nitrogens with one attached hydrogen (secondary N) is 1. The Kier molecular flexibility index (Phi) is 6.49. The molecule has 0 spiro atoms. The van der Waals surface area contributed by atoms with E-state index >= 15 is 0 Å². The second-order valence-electron chi connectivity index (χ2n) is 5.26. The molecule has 0 aliphatic carbocycles. The number of rotatable bonds is 8. The maximum Gasteiger partial charge on any atom is 0.0575 e. The maximum absolute atomic E-state index is 5.56. The highest BCUT2D eigenvalue weighted by Crippen LogP contribution is 2.14. The number of ether oxygens (including phenoxy) is 1. The van der Waals surface area contributed by atoms with Gasteiger partial charge in [0.15, 0.2) is 0 Å². The van der Waals surface area contributed by atoms with Gasteiger partial charge in [-0.25, -0.2) is 0 Å². The van der Waals surface area contributed by atoms with E-state index < -0.39 is 0 Å². The van der Waals surface area contributed by atoms with Gasteiger partial charge < -0.3 is 10.1 Å². The second kappa shape index (κ2) is 7.92. The number of hydrogen-bond acceptors (Lipinski definition) is 2. The van der Waals surface area contributed by atoms with Crippen molar-refractivity contribution < 1.29 is 4.74 Å². The van der Waals surface area contributed by atoms with Gasteiger partial charge in [-0.2, -0.15) is 0 Å². The maximum atomic E-state index is 5.56. The molecule has 18 heavy (non-hydrogen) atoms. The van der Waals surface area contributed by atoms with Crippen molar-refractivity contribution in [3.05, 3.63) is 35.9 Å². The summed E-state index contributed by atoms with van der Waals surface area (Å²) < 4.78 is 5.56. The topological polar surface area (TPSA) is 21.3 Å². The van der Waals surface area contributed by atoms with Crippen molar-refractivity contribution in [1.29, 1.82) is 0 Å². The first-order chi connectivity index (χ1) is 8.64. The molecular formula is C16H23NO. The van der Waals surface area contributed by atoms with E-state index in [1.54, 1.807) is 0 Å². The summed E-state index contributed by atoms with van der Waals surface area (Å²) in [4.78, 5) is 0. The molecule has 0 fully saturated rings. The molecule has 0 aliphatic rings. The Labute approximate surface area is 111 Å². The lowest BCUT2D eigenvalue weighted by molar-refractivity contribution is 0.0655. The largest absolute Gasteiger partial charge is 0.380 e. The molecule has 0 atom stereocenters. The van der Waals surface area contributed by atoms with Gasteiger partial charge in [-0.3, -0.25) is 0 Å². The molecule has 1 rings (SSSR count). The number of hydrogen-bond donors (Lipinski definition) is 1. The SMILES string of the molecule is C#CCCOCC(C)(C)CNCc1ccccc1. The van der Waals surface area contributed by atoms with Crippen LogP contribution >= 0.6 is 0 Å². The van der Waals surface area contributed by atoms with Crippen molar-refractivity contribution in [2.75, 3.05) is 19.8 Å². The highest BCUT2D eigenvalue weighted by molar-refractivity contribution is 5.14. The highest BCUT2D eigenvalue weighted by Gasteiger charge is 2.17. The Morgan fingerprint density at radius 1 is 1.28 bits per heavy atom. The van der Waals surface area contributed by atoms with Crippen LogP contribution in [0.1, 0.15) is 25.8 Å². The van der Waals surface area contributed by atoms with E-state index in [4.69, 9.17) is 11.2 Å². The summed E-state index contributed by atoms with van der Waals surface area (Å²) in [5.74, 6) is 2.58. The van der Waals surface area contributed by atoms with Gasteiger partial charge in [0.25, 0.3) is 0 Å². The van der Waals surface area contributed by atoms with E-state index in [2.05, 4.69) is 49.4 Å². The molecular weight excluding hydrogens is 222 g/mol. The Hall–Kier alpha value is -1.30. The first-order valence-electron chi connectivity index (χ1n) is 6.40. The van der Waals surface area contributed by atoms with Crippen molar-refractivity contribution in [3.63, 3.8) is 0 Å². The van der Waals surface area contributed by atoms with Crippen molar-refractivity contribution in [3.8, 4) is 12.3 Å². The van der Waals surface area contributed by atoms with Crippen molar-refractivity contribution in [1.82, 2.24) is 5.32 Å². The summed E-state index contributed by atoms with van der Waals surface area (Å²) in [6.45, 7) is 7.60. The minimum Gasteiger partial charge on any atom is -0.380 e. The molecule has 0 unspecified atom stereocenters. The molecule has 0 aromatic heterocycles. The fraction of sp³-hybridized carbons (Fsp3) is 0.500. The van der Waals surface area contributed by atoms with Gasteiger partial charge in [-0.1, -0.05) is 44.2 Å². The van der Waals surface area contributed by atoms with Gasteiger partial charge >= 0.3 is 0 Å². The van der Waals surface area contributed by atoms with Crippen LogP contribution in [0.25, 0.3) is 0 Å². The molecule has 1 N–H and O–H groups in total. The molecule has 2 nitrogen and oxygen atoms in total. The standard InChI is InChI=1S/C16H23NO/c1-4-5-11-18-14-16(2,3)13-17-12-15-9-7-6-8-10-15/h1,6-10,17H,5,11-14H2,2-3H3. The lowest BCUT2D eigenvalue weighted by atomic mass is 9.95. The van der Waals surface area contributed by atoms with E-state index in [1.165, 1.54) is 5.56 Å². The van der Waals surface area contributed by atoms with Crippen LogP contribution in [-0.2, 0) is 11.3 Å². The van der Waals surface area contributed by atoms with Crippen LogP contribution in [0.2, 0.25) is 0 Å². The van der Waals surface area contributed by atoms with Gasteiger partial charge in [-0.15, -0.1) is 12.3 Å². The predicted octanol–water partition coefficient (Wildman–Crippen LogP) is 2.84.